The number of imidazole rings is 1. The average Bonchev–Trinajstić information content (AvgIpc) is 3.11. The maximum Gasteiger partial charge on any atom is 0.573 e. The van der Waals surface area contributed by atoms with Crippen LogP contribution in [0.4, 0.5) is 19.0 Å². The second kappa shape index (κ2) is 7.47. The molecule has 2 atom stereocenters. The number of allylic oxidation sites excluding steroid dienone is 1. The summed E-state index contributed by atoms with van der Waals surface area (Å²) in [6.45, 7) is 0. The van der Waals surface area contributed by atoms with Gasteiger partial charge in [-0.2, -0.15) is 5.26 Å². The van der Waals surface area contributed by atoms with Crippen LogP contribution in [0.2, 0.25) is 0 Å². The van der Waals surface area contributed by atoms with Crippen LogP contribution in [-0.2, 0) is 0 Å². The third-order valence-corrected chi connectivity index (χ3v) is 4.59. The van der Waals surface area contributed by atoms with E-state index in [1.165, 1.54) is 18.2 Å². The van der Waals surface area contributed by atoms with E-state index in [9.17, 15) is 13.2 Å². The number of aromatic nitrogens is 3. The molecule has 3 aromatic rings. The van der Waals surface area contributed by atoms with Gasteiger partial charge in [-0.1, -0.05) is 24.3 Å². The molecule has 148 valence electrons. The molecule has 2 heterocycles. The number of rotatable bonds is 4. The van der Waals surface area contributed by atoms with E-state index in [1.807, 2.05) is 12.2 Å². The van der Waals surface area contributed by atoms with Crippen LogP contribution in [0.3, 0.4) is 0 Å². The molecular weight excluding hydrogens is 383 g/mol. The summed E-state index contributed by atoms with van der Waals surface area (Å²) in [5.41, 5.74) is 1.61. The first kappa shape index (κ1) is 18.8. The van der Waals surface area contributed by atoms with Crippen molar-refractivity contribution in [1.82, 2.24) is 14.6 Å². The van der Waals surface area contributed by atoms with E-state index in [-0.39, 0.29) is 17.7 Å². The molecule has 0 saturated carbocycles. The van der Waals surface area contributed by atoms with Crippen LogP contribution in [0.25, 0.3) is 16.9 Å². The number of ether oxygens (including phenoxy) is 1. The van der Waals surface area contributed by atoms with Gasteiger partial charge in [0.25, 0.3) is 0 Å². The van der Waals surface area contributed by atoms with Crippen LogP contribution < -0.4 is 10.1 Å². The number of hydrogen-bond acceptors (Lipinski definition) is 5. The quantitative estimate of drug-likeness (QED) is 0.651. The number of hydrogen-bond donors (Lipinski definition) is 1. The van der Waals surface area contributed by atoms with Crippen molar-refractivity contribution in [1.29, 1.82) is 5.26 Å². The van der Waals surface area contributed by atoms with Crippen LogP contribution in [0.5, 0.6) is 5.75 Å². The Bertz CT molecular complexity index is 1100. The monoisotopic (exact) mass is 399 g/mol. The van der Waals surface area contributed by atoms with E-state index in [2.05, 4.69) is 26.2 Å². The van der Waals surface area contributed by atoms with Gasteiger partial charge < -0.3 is 10.1 Å². The normalized spacial score (nSPS) is 19.1. The van der Waals surface area contributed by atoms with Gasteiger partial charge in [0, 0.05) is 11.6 Å². The molecule has 0 aliphatic heterocycles. The number of anilines is 1. The first-order chi connectivity index (χ1) is 13.9. The van der Waals surface area contributed by atoms with Gasteiger partial charge in [-0.05, 0) is 37.1 Å². The van der Waals surface area contributed by atoms with Crippen LogP contribution in [0.15, 0.2) is 54.7 Å². The van der Waals surface area contributed by atoms with Crippen molar-refractivity contribution in [2.24, 2.45) is 5.92 Å². The van der Waals surface area contributed by atoms with Crippen molar-refractivity contribution in [2.45, 2.75) is 25.2 Å². The molecule has 1 aliphatic carbocycles. The predicted molar refractivity (Wildman–Crippen MR) is 100.0 cm³/mol. The van der Waals surface area contributed by atoms with Gasteiger partial charge in [-0.25, -0.2) is 9.50 Å². The van der Waals surface area contributed by atoms with E-state index in [0.717, 1.165) is 12.8 Å². The summed E-state index contributed by atoms with van der Waals surface area (Å²) >= 11 is 0. The number of nitriles is 1. The average molecular weight is 399 g/mol. The van der Waals surface area contributed by atoms with Crippen LogP contribution in [-0.4, -0.2) is 27.0 Å². The van der Waals surface area contributed by atoms with Gasteiger partial charge in [0.05, 0.1) is 23.9 Å². The Morgan fingerprint density at radius 1 is 1.17 bits per heavy atom. The van der Waals surface area contributed by atoms with Crippen molar-refractivity contribution >= 4 is 11.5 Å². The first-order valence-electron chi connectivity index (χ1n) is 8.97. The minimum atomic E-state index is -4.76. The topological polar surface area (TPSA) is 75.2 Å². The lowest BCUT2D eigenvalue weighted by Gasteiger charge is -2.20. The fourth-order valence-corrected chi connectivity index (χ4v) is 3.24. The number of nitrogens with zero attached hydrogens (tertiary/aromatic N) is 4. The molecule has 1 aromatic carbocycles. The smallest absolute Gasteiger partial charge is 0.406 e. The van der Waals surface area contributed by atoms with Gasteiger partial charge in [-0.15, -0.1) is 18.3 Å². The Labute approximate surface area is 164 Å². The Hall–Kier alpha value is -3.54. The molecule has 2 aromatic heterocycles. The highest BCUT2D eigenvalue weighted by atomic mass is 19.4. The maximum atomic E-state index is 12.5. The zero-order valence-corrected chi connectivity index (χ0v) is 15.1. The summed E-state index contributed by atoms with van der Waals surface area (Å²) in [7, 11) is 0. The van der Waals surface area contributed by atoms with Crippen molar-refractivity contribution in [3.05, 3.63) is 54.7 Å². The highest BCUT2D eigenvalue weighted by Crippen LogP contribution is 2.28. The maximum absolute atomic E-state index is 12.5. The molecule has 0 bridgehead atoms. The lowest BCUT2D eigenvalue weighted by molar-refractivity contribution is -0.274. The third kappa shape index (κ3) is 4.32. The van der Waals surface area contributed by atoms with Gasteiger partial charge in [0.15, 0.2) is 5.65 Å². The Kier molecular flexibility index (Phi) is 4.84. The van der Waals surface area contributed by atoms with Gasteiger partial charge >= 0.3 is 6.36 Å². The number of halogens is 3. The zero-order valence-electron chi connectivity index (χ0n) is 15.1. The summed E-state index contributed by atoms with van der Waals surface area (Å²) < 4.78 is 43.1. The lowest BCUT2D eigenvalue weighted by atomic mass is 9.94. The molecule has 0 spiro atoms. The predicted octanol–water partition coefficient (Wildman–Crippen LogP) is 4.57. The zero-order chi connectivity index (χ0) is 20.4. The lowest BCUT2D eigenvalue weighted by Crippen LogP contribution is -2.22. The first-order valence-corrected chi connectivity index (χ1v) is 8.97. The largest absolute Gasteiger partial charge is 0.573 e. The van der Waals surface area contributed by atoms with Crippen LogP contribution in [0.1, 0.15) is 12.8 Å². The third-order valence-electron chi connectivity index (χ3n) is 4.59. The van der Waals surface area contributed by atoms with Crippen molar-refractivity contribution < 1.29 is 17.9 Å². The van der Waals surface area contributed by atoms with Gasteiger partial charge in [0.1, 0.15) is 11.6 Å². The van der Waals surface area contributed by atoms with Crippen molar-refractivity contribution in [2.75, 3.05) is 5.32 Å². The molecule has 0 unspecified atom stereocenters. The minimum Gasteiger partial charge on any atom is -0.406 e. The summed E-state index contributed by atoms with van der Waals surface area (Å²) in [5.74, 6) is 0.234. The second-order valence-corrected chi connectivity index (χ2v) is 6.66. The SMILES string of the molecule is N#C[C@H]1C=C[C@H](Nc2ccc3ncc(-c4cccc(OC(F)(F)F)c4)n3n2)CC1. The summed E-state index contributed by atoms with van der Waals surface area (Å²) in [6.07, 6.45) is 2.21. The number of benzene rings is 1. The molecule has 0 saturated heterocycles. The molecule has 1 aliphatic rings. The molecule has 29 heavy (non-hydrogen) atoms. The van der Waals surface area contributed by atoms with E-state index in [1.54, 1.807) is 28.9 Å². The molecule has 0 fully saturated rings. The highest BCUT2D eigenvalue weighted by Gasteiger charge is 2.31. The molecule has 9 heteroatoms. The number of fused-ring (bicyclic) bond motifs is 1. The minimum absolute atomic E-state index is 0.0556. The molecule has 6 nitrogen and oxygen atoms in total. The summed E-state index contributed by atoms with van der Waals surface area (Å²) in [6, 6.07) is 11.5. The fraction of sp³-hybridized carbons (Fsp3) is 0.250. The molecule has 1 N–H and O–H groups in total. The van der Waals surface area contributed by atoms with Gasteiger partial charge in [0.2, 0.25) is 0 Å². The number of nitrogens with one attached hydrogen (secondary N) is 1. The van der Waals surface area contributed by atoms with E-state index < -0.39 is 6.36 Å². The molecule has 4 rings (SSSR count). The van der Waals surface area contributed by atoms with E-state index in [0.29, 0.717) is 22.7 Å². The Balaban J connectivity index is 1.61. The van der Waals surface area contributed by atoms with Crippen LogP contribution >= 0.6 is 0 Å². The highest BCUT2D eigenvalue weighted by molar-refractivity contribution is 5.65. The Morgan fingerprint density at radius 2 is 2.03 bits per heavy atom. The molecule has 0 radical (unpaired) electrons. The van der Waals surface area contributed by atoms with E-state index >= 15 is 0 Å². The fourth-order valence-electron chi connectivity index (χ4n) is 3.24. The molecule has 0 amide bonds. The molecular formula is C20H16F3N5O. The summed E-state index contributed by atoms with van der Waals surface area (Å²) in [4.78, 5) is 4.27. The van der Waals surface area contributed by atoms with Gasteiger partial charge in [-0.3, -0.25) is 0 Å². The summed E-state index contributed by atoms with van der Waals surface area (Å²) in [5, 5.41) is 16.8. The number of alkyl halides is 3. The van der Waals surface area contributed by atoms with Crippen molar-refractivity contribution in [3.8, 4) is 23.1 Å². The van der Waals surface area contributed by atoms with Crippen LogP contribution in [0, 0.1) is 17.2 Å². The second-order valence-electron chi connectivity index (χ2n) is 6.66. The Morgan fingerprint density at radius 3 is 2.76 bits per heavy atom. The van der Waals surface area contributed by atoms with Crippen molar-refractivity contribution in [3.63, 3.8) is 0 Å². The standard InChI is InChI=1S/C20H16F3N5O/c21-20(22,23)29-16-3-1-2-14(10-16)17-12-25-19-9-8-18(27-28(17)19)26-15-6-4-13(11-24)5-7-15/h1-4,6,8-10,12-13,15H,5,7H2,(H,26,27)/t13-,15-/m0/s1. The van der Waals surface area contributed by atoms with E-state index in [4.69, 9.17) is 5.26 Å².